The van der Waals surface area contributed by atoms with Crippen molar-refractivity contribution < 1.29 is 42.1 Å². The van der Waals surface area contributed by atoms with Crippen LogP contribution in [-0.2, 0) is 32.7 Å². The number of carbonyl (C=O) groups excluding carboxylic acids is 2. The predicted molar refractivity (Wildman–Crippen MR) is 408 cm³/mol. The second-order valence-electron chi connectivity index (χ2n) is 25.2. The Morgan fingerprint density at radius 2 is 0.574 bits per heavy atom. The number of hydrogen-bond acceptors (Lipinski definition) is 7. The molecule has 0 aromatic heterocycles. The minimum Gasteiger partial charge on any atom is -0.462 e. The first kappa shape index (κ1) is 88.8. The summed E-state index contributed by atoms with van der Waals surface area (Å²) in [5.74, 6) is -0.824. The molecule has 0 aliphatic heterocycles. The number of unbranched alkanes of at least 4 members (excludes halogenated alkanes) is 20. The number of phosphoric acid groups is 1. The Bertz CT molecular complexity index is 2290. The van der Waals surface area contributed by atoms with Crippen LogP contribution >= 0.6 is 7.82 Å². The standard InChI is InChI=1S/C84H136NO8P/c1-6-8-10-12-14-16-18-20-22-24-26-28-30-32-34-36-38-39-40-41-42-43-44-45-47-49-51-53-55-57-59-61-63-65-67-69-71-73-75-77-84(87)93-82(81-92-94(88,89)91-79-78-85(3,4)5)80-90-83(86)76-74-72-70-68-66-64-62-60-58-56-54-52-50-48-46-37-35-33-31-29-27-25-23-21-19-17-15-13-11-9-7-2/h8-11,14-17,20-23,26-29,32-35,38-39,41-42,44-46,48,52,54,58,60,82H,6-7,12-13,18-19,24-25,30-31,36-37,40,43,47,49-51,53,55-57,59,61-81H2,1-5H3/p+1/b10-8-,11-9-,16-14-,17-15-,22-20-,23-21-,28-26-,29-27-,34-32-,35-33-,39-38-,42-41-,45-44-,48-46-,54-52-,60-58-. The van der Waals surface area contributed by atoms with Crippen LogP contribution in [0.3, 0.4) is 0 Å². The molecule has 10 heteroatoms. The number of likely N-dealkylation sites (N-methyl/N-ethyl adjacent to an activating group) is 1. The molecule has 0 amide bonds. The van der Waals surface area contributed by atoms with Gasteiger partial charge in [0.15, 0.2) is 6.10 Å². The van der Waals surface area contributed by atoms with Crippen molar-refractivity contribution in [3.63, 3.8) is 0 Å². The van der Waals surface area contributed by atoms with E-state index in [4.69, 9.17) is 18.5 Å². The summed E-state index contributed by atoms with van der Waals surface area (Å²) in [4.78, 5) is 35.9. The third kappa shape index (κ3) is 75.9. The van der Waals surface area contributed by atoms with E-state index >= 15 is 0 Å². The van der Waals surface area contributed by atoms with E-state index in [1.54, 1.807) is 0 Å². The summed E-state index contributed by atoms with van der Waals surface area (Å²) in [6, 6.07) is 0. The van der Waals surface area contributed by atoms with Gasteiger partial charge < -0.3 is 18.9 Å². The Morgan fingerprint density at radius 3 is 0.851 bits per heavy atom. The summed E-state index contributed by atoms with van der Waals surface area (Å²) in [7, 11) is 1.45. The van der Waals surface area contributed by atoms with E-state index in [0.717, 1.165) is 161 Å². The molecule has 94 heavy (non-hydrogen) atoms. The van der Waals surface area contributed by atoms with E-state index in [-0.39, 0.29) is 32.0 Å². The van der Waals surface area contributed by atoms with Crippen LogP contribution in [-0.4, -0.2) is 74.9 Å². The number of nitrogens with zero attached hydrogens (tertiary/aromatic N) is 1. The molecule has 9 nitrogen and oxygen atoms in total. The van der Waals surface area contributed by atoms with E-state index in [1.807, 2.05) is 21.1 Å². The van der Waals surface area contributed by atoms with Gasteiger partial charge in [0, 0.05) is 12.8 Å². The molecule has 0 aliphatic rings. The van der Waals surface area contributed by atoms with Gasteiger partial charge in [-0.2, -0.15) is 0 Å². The predicted octanol–water partition coefficient (Wildman–Crippen LogP) is 24.8. The summed E-state index contributed by atoms with van der Waals surface area (Å²) in [5.41, 5.74) is 0. The lowest BCUT2D eigenvalue weighted by Gasteiger charge is -2.24. The molecule has 0 heterocycles. The van der Waals surface area contributed by atoms with Crippen molar-refractivity contribution in [3.8, 4) is 0 Å². The number of esters is 2. The first-order valence-electron chi connectivity index (χ1n) is 37.2. The number of quaternary nitrogens is 1. The third-order valence-corrected chi connectivity index (χ3v) is 16.1. The van der Waals surface area contributed by atoms with Gasteiger partial charge in [0.25, 0.3) is 0 Å². The largest absolute Gasteiger partial charge is 0.472 e. The molecule has 0 bridgehead atoms. The highest BCUT2D eigenvalue weighted by Gasteiger charge is 2.27. The number of hydrogen-bond donors (Lipinski definition) is 1. The molecule has 530 valence electrons. The second-order valence-corrected chi connectivity index (χ2v) is 26.7. The van der Waals surface area contributed by atoms with E-state index in [1.165, 1.54) is 70.6 Å². The smallest absolute Gasteiger partial charge is 0.462 e. The second kappa shape index (κ2) is 72.1. The molecule has 0 spiro atoms. The first-order chi connectivity index (χ1) is 46.0. The molecule has 0 aromatic carbocycles. The van der Waals surface area contributed by atoms with Crippen molar-refractivity contribution in [2.24, 2.45) is 0 Å². The maximum atomic E-state index is 12.9. The SMILES string of the molecule is CC/C=C\C/C=C\C/C=C\C/C=C\C/C=C\C/C=C\C/C=C\C/C=C\CCCCCCCCCCCCCCCCC(=O)OC(COC(=O)CCCCCCCC/C=C\C/C=C\C/C=C\C/C=C\C/C=C\C/C=C\C/C=C\C/C=C\CC)COP(=O)(O)OCC[N+](C)(C)C. The lowest BCUT2D eigenvalue weighted by atomic mass is 10.0. The lowest BCUT2D eigenvalue weighted by Crippen LogP contribution is -2.37. The van der Waals surface area contributed by atoms with Crippen molar-refractivity contribution in [2.75, 3.05) is 47.5 Å². The summed E-state index contributed by atoms with van der Waals surface area (Å²) < 4.78 is 34.7. The fourth-order valence-corrected chi connectivity index (χ4v) is 10.3. The van der Waals surface area contributed by atoms with Crippen LogP contribution in [0.1, 0.15) is 271 Å². The van der Waals surface area contributed by atoms with Gasteiger partial charge in [0.2, 0.25) is 0 Å². The zero-order valence-electron chi connectivity index (χ0n) is 60.4. The molecule has 0 rings (SSSR count). The highest BCUT2D eigenvalue weighted by molar-refractivity contribution is 7.47. The topological polar surface area (TPSA) is 108 Å². The molecule has 0 saturated carbocycles. The molecule has 1 N–H and O–H groups in total. The fourth-order valence-electron chi connectivity index (χ4n) is 9.52. The lowest BCUT2D eigenvalue weighted by molar-refractivity contribution is -0.870. The van der Waals surface area contributed by atoms with Crippen molar-refractivity contribution in [2.45, 2.75) is 277 Å². The van der Waals surface area contributed by atoms with Crippen LogP contribution in [0.2, 0.25) is 0 Å². The molecule has 2 unspecified atom stereocenters. The van der Waals surface area contributed by atoms with Crippen molar-refractivity contribution in [1.82, 2.24) is 0 Å². The van der Waals surface area contributed by atoms with Crippen LogP contribution in [0.25, 0.3) is 0 Å². The Balaban J connectivity index is 4.11. The molecule has 0 saturated heterocycles. The Hall–Kier alpha value is -5.15. The maximum Gasteiger partial charge on any atom is 0.472 e. The van der Waals surface area contributed by atoms with Gasteiger partial charge in [-0.25, -0.2) is 4.57 Å². The molecule has 0 aliphatic carbocycles. The average molecular weight is 1320 g/mol. The number of phosphoric ester groups is 1. The fraction of sp³-hybridized carbons (Fsp3) is 0.595. The molecule has 0 fully saturated rings. The van der Waals surface area contributed by atoms with Crippen molar-refractivity contribution in [3.05, 3.63) is 194 Å². The van der Waals surface area contributed by atoms with Crippen molar-refractivity contribution >= 4 is 19.8 Å². The van der Waals surface area contributed by atoms with Crippen LogP contribution in [0.15, 0.2) is 194 Å². The molecule has 2 atom stereocenters. The van der Waals surface area contributed by atoms with Crippen LogP contribution in [0.5, 0.6) is 0 Å². The minimum absolute atomic E-state index is 0.0195. The normalized spacial score (nSPS) is 14.2. The molecular weight excluding hydrogens is 1180 g/mol. The number of allylic oxidation sites excluding steroid dienone is 32. The van der Waals surface area contributed by atoms with Gasteiger partial charge >= 0.3 is 19.8 Å². The van der Waals surface area contributed by atoms with Gasteiger partial charge in [-0.15, -0.1) is 0 Å². The Kier molecular flexibility index (Phi) is 68.2. The van der Waals surface area contributed by atoms with E-state index in [2.05, 4.69) is 208 Å². The van der Waals surface area contributed by atoms with Crippen LogP contribution in [0, 0.1) is 0 Å². The summed E-state index contributed by atoms with van der Waals surface area (Å²) in [5, 5.41) is 0. The number of rotatable bonds is 66. The minimum atomic E-state index is -4.41. The average Bonchev–Trinajstić information content (AvgIpc) is 1.56. The summed E-state index contributed by atoms with van der Waals surface area (Å²) in [6.07, 6.45) is 112. The van der Waals surface area contributed by atoms with Gasteiger partial charge in [0.05, 0.1) is 27.7 Å². The zero-order chi connectivity index (χ0) is 68.3. The van der Waals surface area contributed by atoms with Gasteiger partial charge in [-0.05, 0) is 141 Å². The van der Waals surface area contributed by atoms with Gasteiger partial charge in [-0.1, -0.05) is 311 Å². The summed E-state index contributed by atoms with van der Waals surface area (Å²) >= 11 is 0. The van der Waals surface area contributed by atoms with E-state index < -0.39 is 26.5 Å². The Morgan fingerprint density at radius 1 is 0.330 bits per heavy atom. The van der Waals surface area contributed by atoms with E-state index in [0.29, 0.717) is 23.9 Å². The summed E-state index contributed by atoms with van der Waals surface area (Å²) in [6.45, 7) is 4.18. The Labute approximate surface area is 577 Å². The van der Waals surface area contributed by atoms with Crippen molar-refractivity contribution in [1.29, 1.82) is 0 Å². The highest BCUT2D eigenvalue weighted by atomic mass is 31.2. The molecule has 0 aromatic rings. The van der Waals surface area contributed by atoms with Crippen LogP contribution in [0.4, 0.5) is 0 Å². The number of ether oxygens (including phenoxy) is 2. The first-order valence-corrected chi connectivity index (χ1v) is 38.7. The quantitative estimate of drug-likeness (QED) is 0.0211. The monoisotopic (exact) mass is 1320 g/mol. The molecular formula is C84H137NO8P+. The van der Waals surface area contributed by atoms with Gasteiger partial charge in [0.1, 0.15) is 19.8 Å². The third-order valence-electron chi connectivity index (χ3n) is 15.1. The molecule has 0 radical (unpaired) electrons. The highest BCUT2D eigenvalue weighted by Crippen LogP contribution is 2.43. The van der Waals surface area contributed by atoms with Gasteiger partial charge in [-0.3, -0.25) is 18.6 Å². The van der Waals surface area contributed by atoms with E-state index in [9.17, 15) is 19.0 Å². The maximum absolute atomic E-state index is 12.9. The zero-order valence-corrected chi connectivity index (χ0v) is 61.3. The number of carbonyl (C=O) groups is 2. The van der Waals surface area contributed by atoms with Crippen LogP contribution < -0.4 is 0 Å².